The first-order valence-corrected chi connectivity index (χ1v) is 5.40. The lowest BCUT2D eigenvalue weighted by molar-refractivity contribution is 0.0936. The van der Waals surface area contributed by atoms with Crippen LogP contribution in [-0.4, -0.2) is 31.2 Å². The standard InChI is InChI=1S/C9H10BrClN2O2/c1-15-3-2-12-9(14)7-4-6(11)5-13-8(7)10/h4-5H,2-3H2,1H3,(H,12,14). The zero-order valence-electron chi connectivity index (χ0n) is 8.09. The van der Waals surface area contributed by atoms with Crippen molar-refractivity contribution in [3.8, 4) is 0 Å². The fourth-order valence-corrected chi connectivity index (χ4v) is 1.50. The van der Waals surface area contributed by atoms with E-state index >= 15 is 0 Å². The molecule has 0 fully saturated rings. The molecule has 0 aliphatic heterocycles. The van der Waals surface area contributed by atoms with Crippen molar-refractivity contribution in [1.82, 2.24) is 10.3 Å². The molecule has 0 radical (unpaired) electrons. The Bertz CT molecular complexity index is 360. The number of aromatic nitrogens is 1. The van der Waals surface area contributed by atoms with E-state index < -0.39 is 0 Å². The summed E-state index contributed by atoms with van der Waals surface area (Å²) in [5.41, 5.74) is 0.415. The van der Waals surface area contributed by atoms with Gasteiger partial charge in [0.05, 0.1) is 17.2 Å². The van der Waals surface area contributed by atoms with Crippen LogP contribution in [0.3, 0.4) is 0 Å². The molecular weight excluding hydrogens is 283 g/mol. The van der Waals surface area contributed by atoms with Gasteiger partial charge in [-0.1, -0.05) is 11.6 Å². The Morgan fingerprint density at radius 1 is 1.73 bits per heavy atom. The van der Waals surface area contributed by atoms with E-state index in [9.17, 15) is 4.79 Å². The molecular formula is C9H10BrClN2O2. The van der Waals surface area contributed by atoms with E-state index in [2.05, 4.69) is 26.2 Å². The molecule has 1 aromatic rings. The number of methoxy groups -OCH3 is 1. The van der Waals surface area contributed by atoms with Crippen LogP contribution in [0.15, 0.2) is 16.9 Å². The Morgan fingerprint density at radius 3 is 3.13 bits per heavy atom. The monoisotopic (exact) mass is 292 g/mol. The third-order valence-corrected chi connectivity index (χ3v) is 2.48. The highest BCUT2D eigenvalue weighted by molar-refractivity contribution is 9.10. The largest absolute Gasteiger partial charge is 0.383 e. The highest BCUT2D eigenvalue weighted by Crippen LogP contribution is 2.17. The Kier molecular flexibility index (Phi) is 5.01. The first kappa shape index (κ1) is 12.4. The Labute approximate surface area is 101 Å². The summed E-state index contributed by atoms with van der Waals surface area (Å²) in [4.78, 5) is 15.5. The normalized spacial score (nSPS) is 10.1. The van der Waals surface area contributed by atoms with Gasteiger partial charge < -0.3 is 10.1 Å². The molecule has 1 rings (SSSR count). The first-order chi connectivity index (χ1) is 7.15. The smallest absolute Gasteiger partial charge is 0.254 e. The van der Waals surface area contributed by atoms with Crippen molar-refractivity contribution in [2.75, 3.05) is 20.3 Å². The zero-order chi connectivity index (χ0) is 11.3. The summed E-state index contributed by atoms with van der Waals surface area (Å²) in [5.74, 6) is -0.228. The fraction of sp³-hybridized carbons (Fsp3) is 0.333. The van der Waals surface area contributed by atoms with Crippen LogP contribution in [0.25, 0.3) is 0 Å². The van der Waals surface area contributed by atoms with Crippen LogP contribution in [-0.2, 0) is 4.74 Å². The Balaban J connectivity index is 2.68. The van der Waals surface area contributed by atoms with Gasteiger partial charge in [-0.15, -0.1) is 0 Å². The van der Waals surface area contributed by atoms with Crippen molar-refractivity contribution in [3.63, 3.8) is 0 Å². The molecule has 6 heteroatoms. The third kappa shape index (κ3) is 3.77. The number of halogens is 2. The highest BCUT2D eigenvalue weighted by atomic mass is 79.9. The average Bonchev–Trinajstić information content (AvgIpc) is 2.22. The van der Waals surface area contributed by atoms with Crippen LogP contribution < -0.4 is 5.32 Å². The van der Waals surface area contributed by atoms with E-state index in [1.165, 1.54) is 6.20 Å². The van der Waals surface area contributed by atoms with E-state index in [0.29, 0.717) is 28.3 Å². The number of rotatable bonds is 4. The van der Waals surface area contributed by atoms with Gasteiger partial charge in [-0.05, 0) is 22.0 Å². The number of nitrogens with one attached hydrogen (secondary N) is 1. The van der Waals surface area contributed by atoms with Crippen LogP contribution in [0.4, 0.5) is 0 Å². The van der Waals surface area contributed by atoms with Gasteiger partial charge in [0.25, 0.3) is 5.91 Å². The lowest BCUT2D eigenvalue weighted by Gasteiger charge is -2.05. The number of hydrogen-bond acceptors (Lipinski definition) is 3. The molecule has 0 bridgehead atoms. The maximum atomic E-state index is 11.6. The molecule has 0 saturated heterocycles. The van der Waals surface area contributed by atoms with Gasteiger partial charge in [0.2, 0.25) is 0 Å². The summed E-state index contributed by atoms with van der Waals surface area (Å²) in [7, 11) is 1.57. The summed E-state index contributed by atoms with van der Waals surface area (Å²) in [5, 5.41) is 3.10. The van der Waals surface area contributed by atoms with Crippen molar-refractivity contribution < 1.29 is 9.53 Å². The molecule has 0 atom stereocenters. The van der Waals surface area contributed by atoms with Crippen molar-refractivity contribution in [3.05, 3.63) is 27.5 Å². The minimum absolute atomic E-state index is 0.228. The van der Waals surface area contributed by atoms with Gasteiger partial charge in [-0.25, -0.2) is 4.98 Å². The molecule has 0 saturated carbocycles. The number of pyridine rings is 1. The third-order valence-electron chi connectivity index (χ3n) is 1.64. The number of carbonyl (C=O) groups excluding carboxylic acids is 1. The molecule has 15 heavy (non-hydrogen) atoms. The summed E-state index contributed by atoms with van der Waals surface area (Å²) >= 11 is 8.91. The number of nitrogens with zero attached hydrogens (tertiary/aromatic N) is 1. The molecule has 82 valence electrons. The molecule has 4 nitrogen and oxygen atoms in total. The van der Waals surface area contributed by atoms with Crippen LogP contribution in [0.2, 0.25) is 5.02 Å². The quantitative estimate of drug-likeness (QED) is 0.681. The first-order valence-electron chi connectivity index (χ1n) is 4.23. The van der Waals surface area contributed by atoms with Gasteiger partial charge in [0, 0.05) is 19.9 Å². The highest BCUT2D eigenvalue weighted by Gasteiger charge is 2.10. The van der Waals surface area contributed by atoms with Crippen LogP contribution >= 0.6 is 27.5 Å². The SMILES string of the molecule is COCCNC(=O)c1cc(Cl)cnc1Br. The molecule has 1 aromatic heterocycles. The second-order valence-electron chi connectivity index (χ2n) is 2.74. The fourth-order valence-electron chi connectivity index (χ4n) is 0.944. The number of carbonyl (C=O) groups is 1. The lowest BCUT2D eigenvalue weighted by atomic mass is 10.3. The zero-order valence-corrected chi connectivity index (χ0v) is 10.4. The second kappa shape index (κ2) is 6.05. The van der Waals surface area contributed by atoms with Gasteiger partial charge in [-0.2, -0.15) is 0 Å². The van der Waals surface area contributed by atoms with Gasteiger partial charge in [0.15, 0.2) is 0 Å². The van der Waals surface area contributed by atoms with E-state index in [-0.39, 0.29) is 5.91 Å². The second-order valence-corrected chi connectivity index (χ2v) is 3.93. The summed E-state index contributed by atoms with van der Waals surface area (Å²) < 4.78 is 5.29. The van der Waals surface area contributed by atoms with Crippen molar-refractivity contribution in [2.24, 2.45) is 0 Å². The number of ether oxygens (including phenoxy) is 1. The van der Waals surface area contributed by atoms with Gasteiger partial charge in [-0.3, -0.25) is 4.79 Å². The molecule has 1 amide bonds. The number of hydrogen-bond donors (Lipinski definition) is 1. The predicted molar refractivity (Wildman–Crippen MR) is 61.2 cm³/mol. The molecule has 0 aliphatic carbocycles. The minimum atomic E-state index is -0.228. The maximum Gasteiger partial charge on any atom is 0.254 e. The van der Waals surface area contributed by atoms with Crippen molar-refractivity contribution in [2.45, 2.75) is 0 Å². The Hall–Kier alpha value is -0.650. The predicted octanol–water partition coefficient (Wildman–Crippen LogP) is 1.87. The summed E-state index contributed by atoms with van der Waals surface area (Å²) in [6.07, 6.45) is 1.47. The molecule has 0 aromatic carbocycles. The summed E-state index contributed by atoms with van der Waals surface area (Å²) in [6, 6.07) is 1.56. The van der Waals surface area contributed by atoms with E-state index in [1.807, 2.05) is 0 Å². The number of amides is 1. The molecule has 1 heterocycles. The van der Waals surface area contributed by atoms with Crippen LogP contribution in [0.1, 0.15) is 10.4 Å². The van der Waals surface area contributed by atoms with Crippen LogP contribution in [0, 0.1) is 0 Å². The molecule has 0 spiro atoms. The van der Waals surface area contributed by atoms with E-state index in [1.54, 1.807) is 13.2 Å². The van der Waals surface area contributed by atoms with Gasteiger partial charge >= 0.3 is 0 Å². The topological polar surface area (TPSA) is 51.2 Å². The van der Waals surface area contributed by atoms with E-state index in [0.717, 1.165) is 0 Å². The molecule has 1 N–H and O–H groups in total. The molecule has 0 aliphatic rings. The maximum absolute atomic E-state index is 11.6. The van der Waals surface area contributed by atoms with Crippen molar-refractivity contribution in [1.29, 1.82) is 0 Å². The summed E-state index contributed by atoms with van der Waals surface area (Å²) in [6.45, 7) is 0.922. The van der Waals surface area contributed by atoms with Crippen molar-refractivity contribution >= 4 is 33.4 Å². The lowest BCUT2D eigenvalue weighted by Crippen LogP contribution is -2.27. The Morgan fingerprint density at radius 2 is 2.47 bits per heavy atom. The van der Waals surface area contributed by atoms with E-state index in [4.69, 9.17) is 16.3 Å². The van der Waals surface area contributed by atoms with Crippen LogP contribution in [0.5, 0.6) is 0 Å². The average molecular weight is 294 g/mol. The minimum Gasteiger partial charge on any atom is -0.383 e. The molecule has 0 unspecified atom stereocenters. The van der Waals surface area contributed by atoms with Gasteiger partial charge in [0.1, 0.15) is 4.60 Å².